The molecule has 2 atom stereocenters. The summed E-state index contributed by atoms with van der Waals surface area (Å²) >= 11 is 6.73. The molecule has 4 N–H and O–H groups in total. The molecule has 0 aromatic carbocycles. The molecule has 0 aliphatic carbocycles. The monoisotopic (exact) mass is 642 g/mol. The standard InChI is InChI=1S/C20H18O8S8/c1-9-3-5-11(29-9)13-7-15(33-19(21)35(23,24)25)17(31-13)18-16(34-20(22)36(26,27)28)8-14(32-18)12-6-4-10(2)30-12/h3-8,19-22H,1-2H3,(H,23,24,25)(H,26,27,28). The van der Waals surface area contributed by atoms with E-state index in [-0.39, 0.29) is 0 Å². The fourth-order valence-corrected chi connectivity index (χ4v) is 10.8. The Labute approximate surface area is 232 Å². The fourth-order valence-electron chi connectivity index (χ4n) is 2.96. The SMILES string of the molecule is Cc1ccc(-c2cc(SC(O)S(=O)(=O)O)c(-c3sc(-c4ccc(C)s4)cc3SC(O)S(=O)(=O)O)s2)s1. The van der Waals surface area contributed by atoms with Crippen molar-refractivity contribution in [1.29, 1.82) is 0 Å². The van der Waals surface area contributed by atoms with Crippen molar-refractivity contribution in [2.24, 2.45) is 0 Å². The second-order valence-corrected chi connectivity index (χ2v) is 17.8. The van der Waals surface area contributed by atoms with E-state index in [1.54, 1.807) is 12.1 Å². The van der Waals surface area contributed by atoms with Crippen molar-refractivity contribution in [2.45, 2.75) is 33.2 Å². The molecule has 0 aliphatic rings. The third-order valence-corrected chi connectivity index (χ3v) is 14.2. The van der Waals surface area contributed by atoms with E-state index >= 15 is 0 Å². The smallest absolute Gasteiger partial charge is 0.302 e. The minimum absolute atomic E-state index is 0.352. The molecular weight excluding hydrogens is 625 g/mol. The lowest BCUT2D eigenvalue weighted by atomic mass is 10.3. The average molecular weight is 643 g/mol. The summed E-state index contributed by atoms with van der Waals surface area (Å²) in [5.74, 6) is 0. The lowest BCUT2D eigenvalue weighted by Gasteiger charge is -2.09. The van der Waals surface area contributed by atoms with Crippen LogP contribution in [0.1, 0.15) is 9.75 Å². The molecule has 0 bridgehead atoms. The number of aliphatic hydroxyl groups excluding tert-OH is 2. The van der Waals surface area contributed by atoms with Crippen LogP contribution >= 0.6 is 68.9 Å². The van der Waals surface area contributed by atoms with Crippen molar-refractivity contribution in [1.82, 2.24) is 0 Å². The molecule has 2 unspecified atom stereocenters. The van der Waals surface area contributed by atoms with Crippen LogP contribution in [0, 0.1) is 13.8 Å². The fraction of sp³-hybridized carbons (Fsp3) is 0.200. The van der Waals surface area contributed by atoms with Gasteiger partial charge < -0.3 is 10.2 Å². The maximum absolute atomic E-state index is 11.5. The van der Waals surface area contributed by atoms with E-state index in [2.05, 4.69) is 0 Å². The largest absolute Gasteiger partial charge is 0.367 e. The van der Waals surface area contributed by atoms with Gasteiger partial charge in [0.05, 0.1) is 9.75 Å². The third-order valence-electron chi connectivity index (χ3n) is 4.53. The Morgan fingerprint density at radius 3 is 1.28 bits per heavy atom. The van der Waals surface area contributed by atoms with Crippen LogP contribution in [-0.2, 0) is 20.2 Å². The molecule has 0 amide bonds. The van der Waals surface area contributed by atoms with Gasteiger partial charge in [0.1, 0.15) is 0 Å². The van der Waals surface area contributed by atoms with Gasteiger partial charge in [0.25, 0.3) is 0 Å². The minimum atomic E-state index is -4.76. The first-order valence-corrected chi connectivity index (χ1v) is 17.8. The van der Waals surface area contributed by atoms with E-state index in [0.717, 1.165) is 29.3 Å². The van der Waals surface area contributed by atoms with Gasteiger partial charge in [-0.05, 0) is 50.2 Å². The van der Waals surface area contributed by atoms with Crippen molar-refractivity contribution in [2.75, 3.05) is 0 Å². The Morgan fingerprint density at radius 2 is 1.00 bits per heavy atom. The summed E-state index contributed by atoms with van der Waals surface area (Å²) in [6.07, 6.45) is 0. The number of thioether (sulfide) groups is 2. The predicted molar refractivity (Wildman–Crippen MR) is 151 cm³/mol. The van der Waals surface area contributed by atoms with Crippen molar-refractivity contribution < 1.29 is 36.2 Å². The minimum Gasteiger partial charge on any atom is -0.367 e. The van der Waals surface area contributed by atoms with Crippen LogP contribution in [0.2, 0.25) is 0 Å². The van der Waals surface area contributed by atoms with Gasteiger partial charge >= 0.3 is 20.2 Å². The molecule has 0 aliphatic heterocycles. The van der Waals surface area contributed by atoms with Crippen molar-refractivity contribution in [3.8, 4) is 29.3 Å². The highest BCUT2D eigenvalue weighted by Crippen LogP contribution is 2.53. The Balaban J connectivity index is 1.89. The van der Waals surface area contributed by atoms with Gasteiger partial charge in [0.2, 0.25) is 9.54 Å². The summed E-state index contributed by atoms with van der Waals surface area (Å²) in [4.78, 5) is 7.25. The van der Waals surface area contributed by atoms with Crippen molar-refractivity contribution in [3.63, 3.8) is 0 Å². The van der Waals surface area contributed by atoms with Gasteiger partial charge in [-0.1, -0.05) is 23.5 Å². The van der Waals surface area contributed by atoms with Crippen molar-refractivity contribution >= 4 is 89.1 Å². The maximum atomic E-state index is 11.5. The molecule has 36 heavy (non-hydrogen) atoms. The summed E-state index contributed by atoms with van der Waals surface area (Å²) in [6, 6.07) is 11.1. The first-order valence-electron chi connectivity index (χ1n) is 9.76. The number of thiophene rings is 4. The van der Waals surface area contributed by atoms with Gasteiger partial charge in [-0.2, -0.15) is 16.8 Å². The molecule has 4 aromatic rings. The molecule has 0 fully saturated rings. The first kappa shape index (κ1) is 28.3. The summed E-state index contributed by atoms with van der Waals surface area (Å²) < 4.78 is 60.6. The third kappa shape index (κ3) is 6.44. The van der Waals surface area contributed by atoms with E-state index in [1.807, 2.05) is 38.1 Å². The zero-order chi connectivity index (χ0) is 26.4. The Kier molecular flexibility index (Phi) is 8.46. The number of aryl methyl sites for hydroxylation is 2. The van der Waals surface area contributed by atoms with E-state index in [4.69, 9.17) is 0 Å². The van der Waals surface area contributed by atoms with Gasteiger partial charge in [-0.25, -0.2) is 0 Å². The summed E-state index contributed by atoms with van der Waals surface area (Å²) in [6.45, 7) is 3.89. The van der Waals surface area contributed by atoms with E-state index in [9.17, 15) is 36.2 Å². The second-order valence-electron chi connectivity index (χ2n) is 7.31. The topological polar surface area (TPSA) is 149 Å². The quantitative estimate of drug-likeness (QED) is 0.0964. The molecule has 16 heteroatoms. The van der Waals surface area contributed by atoms with Crippen LogP contribution in [0.25, 0.3) is 29.3 Å². The highest BCUT2D eigenvalue weighted by Gasteiger charge is 2.29. The molecule has 4 rings (SSSR count). The molecule has 0 saturated heterocycles. The second kappa shape index (κ2) is 10.8. The summed E-state index contributed by atoms with van der Waals surface area (Å²) in [7, 11) is -9.52. The number of hydrogen-bond acceptors (Lipinski definition) is 12. The number of aliphatic hydroxyl groups is 2. The molecule has 0 radical (unpaired) electrons. The van der Waals surface area contributed by atoms with Gasteiger partial charge in [-0.15, -0.1) is 45.3 Å². The van der Waals surface area contributed by atoms with E-state index in [1.165, 1.54) is 45.3 Å². The first-order chi connectivity index (χ1) is 16.7. The van der Waals surface area contributed by atoms with Gasteiger partial charge in [0, 0.05) is 39.1 Å². The van der Waals surface area contributed by atoms with Crippen LogP contribution < -0.4 is 0 Å². The van der Waals surface area contributed by atoms with E-state index < -0.39 is 29.8 Å². The molecular formula is C20H18O8S8. The van der Waals surface area contributed by atoms with Crippen LogP contribution in [0.4, 0.5) is 0 Å². The van der Waals surface area contributed by atoms with Crippen LogP contribution in [0.3, 0.4) is 0 Å². The molecule has 0 spiro atoms. The number of rotatable bonds is 9. The zero-order valence-electron chi connectivity index (χ0n) is 18.3. The number of hydrogen-bond donors (Lipinski definition) is 4. The van der Waals surface area contributed by atoms with Crippen molar-refractivity contribution in [3.05, 3.63) is 46.2 Å². The highest BCUT2D eigenvalue weighted by atomic mass is 32.3. The normalized spacial score (nSPS) is 14.3. The molecule has 0 saturated carbocycles. The molecule has 4 aromatic heterocycles. The lowest BCUT2D eigenvalue weighted by molar-refractivity contribution is 0.308. The molecule has 8 nitrogen and oxygen atoms in total. The van der Waals surface area contributed by atoms with E-state index in [0.29, 0.717) is 43.1 Å². The molecule has 4 heterocycles. The van der Waals surface area contributed by atoms with Gasteiger partial charge in [0.15, 0.2) is 0 Å². The predicted octanol–water partition coefficient (Wildman–Crippen LogP) is 6.06. The Hall–Kier alpha value is -0.760. The maximum Gasteiger partial charge on any atom is 0.302 e. The summed E-state index contributed by atoms with van der Waals surface area (Å²) in [5.41, 5.74) is 0. The van der Waals surface area contributed by atoms with Crippen LogP contribution in [0.15, 0.2) is 46.2 Å². The Bertz CT molecular complexity index is 1490. The zero-order valence-corrected chi connectivity index (χ0v) is 24.8. The van der Waals surface area contributed by atoms with Crippen LogP contribution in [-0.4, -0.2) is 45.7 Å². The highest BCUT2D eigenvalue weighted by molar-refractivity contribution is 8.12. The average Bonchev–Trinajstić information content (AvgIpc) is 3.53. The van der Waals surface area contributed by atoms with Gasteiger partial charge in [-0.3, -0.25) is 9.11 Å². The Morgan fingerprint density at radius 1 is 0.639 bits per heavy atom. The van der Waals surface area contributed by atoms with Crippen LogP contribution in [0.5, 0.6) is 0 Å². The lowest BCUT2D eigenvalue weighted by Crippen LogP contribution is -2.15. The molecule has 194 valence electrons. The summed E-state index contributed by atoms with van der Waals surface area (Å²) in [5, 5.41) is 20.2.